The first-order chi connectivity index (χ1) is 13.6. The number of amides is 2. The highest BCUT2D eigenvalue weighted by atomic mass is 32.1. The van der Waals surface area contributed by atoms with Crippen molar-refractivity contribution >= 4 is 23.2 Å². The molecule has 5 heteroatoms. The van der Waals surface area contributed by atoms with E-state index in [0.717, 1.165) is 12.0 Å². The monoisotopic (exact) mass is 412 g/mol. The number of rotatable bonds is 4. The van der Waals surface area contributed by atoms with Crippen LogP contribution in [0.2, 0.25) is 0 Å². The molecule has 4 nitrogen and oxygen atoms in total. The van der Waals surface area contributed by atoms with E-state index in [4.69, 9.17) is 0 Å². The number of hydrogen-bond acceptors (Lipinski definition) is 3. The lowest BCUT2D eigenvalue weighted by atomic mass is 9.92. The summed E-state index contributed by atoms with van der Waals surface area (Å²) in [7, 11) is 0. The molecular weight excluding hydrogens is 380 g/mol. The van der Waals surface area contributed by atoms with E-state index in [-0.39, 0.29) is 30.3 Å². The van der Waals surface area contributed by atoms with Gasteiger partial charge >= 0.3 is 0 Å². The summed E-state index contributed by atoms with van der Waals surface area (Å²) < 4.78 is 0. The van der Waals surface area contributed by atoms with Gasteiger partial charge in [0.05, 0.1) is 6.04 Å². The SMILES string of the molecule is Cc1ccc([C@@H]2c3ccsc3CCN2C(=O)CN(C(=O)C(C)C)C(C)(C)C)cc1. The summed E-state index contributed by atoms with van der Waals surface area (Å²) in [6.45, 7) is 12.6. The third-order valence-electron chi connectivity index (χ3n) is 5.54. The summed E-state index contributed by atoms with van der Waals surface area (Å²) in [5.41, 5.74) is 3.14. The van der Waals surface area contributed by atoms with Crippen molar-refractivity contribution in [1.29, 1.82) is 0 Å². The van der Waals surface area contributed by atoms with Crippen molar-refractivity contribution in [3.8, 4) is 0 Å². The maximum absolute atomic E-state index is 13.5. The summed E-state index contributed by atoms with van der Waals surface area (Å²) in [6.07, 6.45) is 0.870. The van der Waals surface area contributed by atoms with Crippen LogP contribution < -0.4 is 0 Å². The summed E-state index contributed by atoms with van der Waals surface area (Å²) in [6, 6.07) is 10.5. The van der Waals surface area contributed by atoms with Gasteiger partial charge in [-0.1, -0.05) is 43.7 Å². The molecule has 0 N–H and O–H groups in total. The number of benzene rings is 1. The summed E-state index contributed by atoms with van der Waals surface area (Å²) in [5.74, 6) is -0.109. The van der Waals surface area contributed by atoms with Crippen molar-refractivity contribution in [3.05, 3.63) is 57.3 Å². The number of aryl methyl sites for hydroxylation is 1. The zero-order valence-electron chi connectivity index (χ0n) is 18.4. The molecule has 2 amide bonds. The molecule has 1 aromatic heterocycles. The smallest absolute Gasteiger partial charge is 0.243 e. The highest BCUT2D eigenvalue weighted by Gasteiger charge is 2.36. The Morgan fingerprint density at radius 3 is 2.41 bits per heavy atom. The molecule has 0 bridgehead atoms. The Morgan fingerprint density at radius 2 is 1.83 bits per heavy atom. The zero-order chi connectivity index (χ0) is 21.3. The Bertz CT molecular complexity index is 877. The lowest BCUT2D eigenvalue weighted by Gasteiger charge is -2.41. The number of fused-ring (bicyclic) bond motifs is 1. The average Bonchev–Trinajstić information content (AvgIpc) is 3.13. The van der Waals surface area contributed by atoms with Gasteiger partial charge in [-0.05, 0) is 56.7 Å². The van der Waals surface area contributed by atoms with E-state index < -0.39 is 5.54 Å². The largest absolute Gasteiger partial charge is 0.330 e. The van der Waals surface area contributed by atoms with Crippen LogP contribution in [-0.4, -0.2) is 40.2 Å². The second-order valence-corrected chi connectivity index (χ2v) is 10.2. The maximum atomic E-state index is 13.5. The molecule has 0 radical (unpaired) electrons. The standard InChI is InChI=1S/C24H32N2O2S/c1-16(2)23(28)26(24(4,5)6)15-21(27)25-13-11-20-19(12-14-29-20)22(25)18-9-7-17(3)8-10-18/h7-10,12,14,16,22H,11,13,15H2,1-6H3/t22-/m1/s1. The van der Waals surface area contributed by atoms with Gasteiger partial charge < -0.3 is 9.80 Å². The zero-order valence-corrected chi connectivity index (χ0v) is 19.2. The number of nitrogens with zero attached hydrogens (tertiary/aromatic N) is 2. The predicted octanol–water partition coefficient (Wildman–Crippen LogP) is 4.81. The van der Waals surface area contributed by atoms with Crippen LogP contribution in [0.4, 0.5) is 0 Å². The Balaban J connectivity index is 1.93. The van der Waals surface area contributed by atoms with Crippen LogP contribution in [0.3, 0.4) is 0 Å². The van der Waals surface area contributed by atoms with E-state index in [2.05, 4.69) is 42.6 Å². The van der Waals surface area contributed by atoms with Crippen LogP contribution in [0.1, 0.15) is 62.2 Å². The minimum Gasteiger partial charge on any atom is -0.330 e. The topological polar surface area (TPSA) is 40.6 Å². The van der Waals surface area contributed by atoms with Crippen LogP contribution in [0.15, 0.2) is 35.7 Å². The molecule has 2 aromatic rings. The minimum atomic E-state index is -0.403. The highest BCUT2D eigenvalue weighted by Crippen LogP contribution is 2.38. The molecule has 0 saturated heterocycles. The van der Waals surface area contributed by atoms with Crippen LogP contribution in [0, 0.1) is 12.8 Å². The first-order valence-electron chi connectivity index (χ1n) is 10.3. The molecule has 3 rings (SSSR count). The maximum Gasteiger partial charge on any atom is 0.243 e. The van der Waals surface area contributed by atoms with E-state index in [9.17, 15) is 9.59 Å². The number of thiophene rings is 1. The molecule has 0 spiro atoms. The van der Waals surface area contributed by atoms with Crippen LogP contribution in [-0.2, 0) is 16.0 Å². The van der Waals surface area contributed by atoms with Gasteiger partial charge in [-0.25, -0.2) is 0 Å². The van der Waals surface area contributed by atoms with Crippen molar-refractivity contribution in [2.45, 2.75) is 59.5 Å². The minimum absolute atomic E-state index is 0.0105. The molecule has 0 fully saturated rings. The van der Waals surface area contributed by atoms with Gasteiger partial charge in [0.25, 0.3) is 0 Å². The average molecular weight is 413 g/mol. The molecule has 1 aliphatic rings. The normalized spacial score (nSPS) is 16.7. The quantitative estimate of drug-likeness (QED) is 0.723. The Labute approximate surface area is 178 Å². The second kappa shape index (κ2) is 8.31. The molecule has 156 valence electrons. The molecule has 0 aliphatic carbocycles. The predicted molar refractivity (Wildman–Crippen MR) is 119 cm³/mol. The lowest BCUT2D eigenvalue weighted by Crippen LogP contribution is -2.53. The van der Waals surface area contributed by atoms with Gasteiger partial charge in [0.1, 0.15) is 6.54 Å². The molecular formula is C24H32N2O2S. The lowest BCUT2D eigenvalue weighted by molar-refractivity contribution is -0.147. The van der Waals surface area contributed by atoms with Crippen LogP contribution in [0.5, 0.6) is 0 Å². The fourth-order valence-corrected chi connectivity index (χ4v) is 4.78. The van der Waals surface area contributed by atoms with Crippen molar-refractivity contribution in [3.63, 3.8) is 0 Å². The van der Waals surface area contributed by atoms with Crippen LogP contribution >= 0.6 is 11.3 Å². The highest BCUT2D eigenvalue weighted by molar-refractivity contribution is 7.10. The second-order valence-electron chi connectivity index (χ2n) is 9.20. The van der Waals surface area contributed by atoms with E-state index in [0.29, 0.717) is 6.54 Å². The van der Waals surface area contributed by atoms with Gasteiger partial charge in [-0.2, -0.15) is 0 Å². The van der Waals surface area contributed by atoms with Gasteiger partial charge in [-0.15, -0.1) is 11.3 Å². The molecule has 1 aromatic carbocycles. The first kappa shape index (κ1) is 21.6. The number of carbonyl (C=O) groups is 2. The Kier molecular flexibility index (Phi) is 6.18. The van der Waals surface area contributed by atoms with E-state index in [1.54, 1.807) is 16.2 Å². The summed E-state index contributed by atoms with van der Waals surface area (Å²) in [5, 5.41) is 2.11. The molecule has 2 heterocycles. The van der Waals surface area contributed by atoms with Gasteiger partial charge in [0, 0.05) is 22.9 Å². The van der Waals surface area contributed by atoms with Gasteiger partial charge in [0.2, 0.25) is 11.8 Å². The van der Waals surface area contributed by atoms with Crippen molar-refractivity contribution in [2.24, 2.45) is 5.92 Å². The van der Waals surface area contributed by atoms with Crippen molar-refractivity contribution in [2.75, 3.05) is 13.1 Å². The fourth-order valence-electron chi connectivity index (χ4n) is 3.88. The third kappa shape index (κ3) is 4.55. The van der Waals surface area contributed by atoms with E-state index >= 15 is 0 Å². The Hall–Kier alpha value is -2.14. The molecule has 1 aliphatic heterocycles. The first-order valence-corrected chi connectivity index (χ1v) is 11.2. The fraction of sp³-hybridized carbons (Fsp3) is 0.500. The summed E-state index contributed by atoms with van der Waals surface area (Å²) in [4.78, 5) is 31.4. The van der Waals surface area contributed by atoms with Gasteiger partial charge in [-0.3, -0.25) is 9.59 Å². The summed E-state index contributed by atoms with van der Waals surface area (Å²) >= 11 is 1.77. The van der Waals surface area contributed by atoms with E-state index in [1.165, 1.54) is 16.0 Å². The van der Waals surface area contributed by atoms with E-state index in [1.807, 2.05) is 39.5 Å². The Morgan fingerprint density at radius 1 is 1.17 bits per heavy atom. The number of carbonyl (C=O) groups excluding carboxylic acids is 2. The molecule has 0 saturated carbocycles. The molecule has 29 heavy (non-hydrogen) atoms. The molecule has 0 unspecified atom stereocenters. The molecule has 1 atom stereocenters. The number of hydrogen-bond donors (Lipinski definition) is 0. The van der Waals surface area contributed by atoms with Crippen molar-refractivity contribution in [1.82, 2.24) is 9.80 Å². The van der Waals surface area contributed by atoms with Crippen molar-refractivity contribution < 1.29 is 9.59 Å². The van der Waals surface area contributed by atoms with Crippen LogP contribution in [0.25, 0.3) is 0 Å². The third-order valence-corrected chi connectivity index (χ3v) is 6.54. The van der Waals surface area contributed by atoms with Gasteiger partial charge in [0.15, 0.2) is 0 Å².